The molecule has 0 bridgehead atoms. The molecule has 0 atom stereocenters. The van der Waals surface area contributed by atoms with Crippen molar-refractivity contribution in [1.29, 1.82) is 0 Å². The van der Waals surface area contributed by atoms with E-state index in [0.717, 1.165) is 0 Å². The zero-order valence-corrected chi connectivity index (χ0v) is 11.6. The Kier molecular flexibility index (Phi) is 8.86. The average Bonchev–Trinajstić information content (AvgIpc) is 2.38. The monoisotopic (exact) mass is 308 g/mol. The molecule has 0 amide bonds. The number of ether oxygens (including phenoxy) is 1. The maximum atomic E-state index is 11.6. The van der Waals surface area contributed by atoms with Gasteiger partial charge in [0.15, 0.2) is 0 Å². The molecule has 8 heteroatoms. The summed E-state index contributed by atoms with van der Waals surface area (Å²) in [6.07, 6.45) is 0. The Labute approximate surface area is 121 Å². The highest BCUT2D eigenvalue weighted by Gasteiger charge is 2.12. The Bertz CT molecular complexity index is 429. The van der Waals surface area contributed by atoms with E-state index in [1.54, 1.807) is 0 Å². The van der Waals surface area contributed by atoms with Crippen LogP contribution in [0, 0.1) is 10.1 Å². The molecule has 0 fully saturated rings. The molecule has 0 aliphatic rings. The lowest BCUT2D eigenvalue weighted by molar-refractivity contribution is -0.384. The zero-order valence-electron chi connectivity index (χ0n) is 10.0. The van der Waals surface area contributed by atoms with E-state index in [4.69, 9.17) is 16.3 Å². The average molecular weight is 309 g/mol. The number of hydrogen-bond acceptors (Lipinski definition) is 5. The standard InChI is InChI=1S/C11H13ClN2O4.ClH/c12-4-5-13-6-7-18-11(15)9-2-1-3-10(8-9)14(16)17;/h1-3,8,13H,4-7H2;1H. The lowest BCUT2D eigenvalue weighted by atomic mass is 10.2. The minimum absolute atomic E-state index is 0. The Hall–Kier alpha value is -1.37. The van der Waals surface area contributed by atoms with Gasteiger partial charge in [0.2, 0.25) is 0 Å². The van der Waals surface area contributed by atoms with Gasteiger partial charge in [-0.3, -0.25) is 10.1 Å². The summed E-state index contributed by atoms with van der Waals surface area (Å²) in [6.45, 7) is 1.32. The van der Waals surface area contributed by atoms with Gasteiger partial charge < -0.3 is 10.1 Å². The van der Waals surface area contributed by atoms with Gasteiger partial charge in [-0.1, -0.05) is 6.07 Å². The van der Waals surface area contributed by atoms with Crippen LogP contribution in [-0.4, -0.2) is 36.5 Å². The quantitative estimate of drug-likeness (QED) is 0.274. The predicted molar refractivity (Wildman–Crippen MR) is 74.2 cm³/mol. The van der Waals surface area contributed by atoms with Gasteiger partial charge in [0.05, 0.1) is 10.5 Å². The fourth-order valence-corrected chi connectivity index (χ4v) is 1.37. The van der Waals surface area contributed by atoms with Crippen molar-refractivity contribution in [3.8, 4) is 0 Å². The largest absolute Gasteiger partial charge is 0.461 e. The molecule has 0 spiro atoms. The molecule has 0 aliphatic carbocycles. The molecule has 6 nitrogen and oxygen atoms in total. The second-order valence-corrected chi connectivity index (χ2v) is 3.76. The first-order valence-electron chi connectivity index (χ1n) is 5.33. The number of rotatable bonds is 7. The molecule has 0 saturated heterocycles. The molecular weight excluding hydrogens is 295 g/mol. The maximum Gasteiger partial charge on any atom is 0.338 e. The van der Waals surface area contributed by atoms with Crippen LogP contribution < -0.4 is 5.32 Å². The number of carbonyl (C=O) groups is 1. The second-order valence-electron chi connectivity index (χ2n) is 3.38. The topological polar surface area (TPSA) is 81.5 Å². The van der Waals surface area contributed by atoms with E-state index in [-0.39, 0.29) is 30.3 Å². The number of nitrogens with one attached hydrogen (secondary N) is 1. The molecule has 19 heavy (non-hydrogen) atoms. The summed E-state index contributed by atoms with van der Waals surface area (Å²) >= 11 is 5.45. The van der Waals surface area contributed by atoms with Crippen molar-refractivity contribution >= 4 is 35.7 Å². The van der Waals surface area contributed by atoms with Crippen molar-refractivity contribution < 1.29 is 14.5 Å². The molecule has 0 radical (unpaired) electrons. The summed E-state index contributed by atoms with van der Waals surface area (Å²) in [6, 6.07) is 5.43. The van der Waals surface area contributed by atoms with Gasteiger partial charge in [-0.25, -0.2) is 4.79 Å². The van der Waals surface area contributed by atoms with Gasteiger partial charge in [-0.05, 0) is 6.07 Å². The van der Waals surface area contributed by atoms with E-state index in [1.165, 1.54) is 24.3 Å². The summed E-state index contributed by atoms with van der Waals surface area (Å²) in [7, 11) is 0. The van der Waals surface area contributed by atoms with Crippen molar-refractivity contribution in [3.63, 3.8) is 0 Å². The van der Waals surface area contributed by atoms with E-state index in [1.807, 2.05) is 0 Å². The highest BCUT2D eigenvalue weighted by atomic mass is 35.5. The van der Waals surface area contributed by atoms with Crippen LogP contribution >= 0.6 is 24.0 Å². The lowest BCUT2D eigenvalue weighted by Gasteiger charge is -2.05. The molecule has 1 aromatic carbocycles. The van der Waals surface area contributed by atoms with Crippen LogP contribution in [0.2, 0.25) is 0 Å². The number of esters is 1. The summed E-state index contributed by atoms with van der Waals surface area (Å²) in [4.78, 5) is 21.5. The van der Waals surface area contributed by atoms with E-state index < -0.39 is 10.9 Å². The number of nitrogens with zero attached hydrogens (tertiary/aromatic N) is 1. The van der Waals surface area contributed by atoms with Crippen molar-refractivity contribution in [3.05, 3.63) is 39.9 Å². The summed E-state index contributed by atoms with van der Waals surface area (Å²) in [5.41, 5.74) is 0.0336. The number of nitro groups is 1. The Morgan fingerprint density at radius 1 is 1.42 bits per heavy atom. The number of hydrogen-bond donors (Lipinski definition) is 1. The fraction of sp³-hybridized carbons (Fsp3) is 0.364. The molecule has 1 N–H and O–H groups in total. The van der Waals surface area contributed by atoms with Crippen LogP contribution in [0.25, 0.3) is 0 Å². The van der Waals surface area contributed by atoms with Gasteiger partial charge >= 0.3 is 5.97 Å². The number of halogens is 2. The first kappa shape index (κ1) is 17.6. The van der Waals surface area contributed by atoms with Crippen LogP contribution in [0.5, 0.6) is 0 Å². The highest BCUT2D eigenvalue weighted by Crippen LogP contribution is 2.13. The Morgan fingerprint density at radius 2 is 2.16 bits per heavy atom. The third kappa shape index (κ3) is 6.37. The number of carbonyl (C=O) groups excluding carboxylic acids is 1. The van der Waals surface area contributed by atoms with Crippen molar-refractivity contribution in [2.45, 2.75) is 0 Å². The normalized spacial score (nSPS) is 9.53. The van der Waals surface area contributed by atoms with Crippen LogP contribution in [0.4, 0.5) is 5.69 Å². The third-order valence-electron chi connectivity index (χ3n) is 2.08. The minimum Gasteiger partial charge on any atom is -0.461 e. The summed E-state index contributed by atoms with van der Waals surface area (Å²) in [5, 5.41) is 13.5. The fourth-order valence-electron chi connectivity index (χ4n) is 1.24. The maximum absolute atomic E-state index is 11.6. The molecule has 106 valence electrons. The smallest absolute Gasteiger partial charge is 0.338 e. The minimum atomic E-state index is -0.577. The molecule has 0 saturated carbocycles. The third-order valence-corrected chi connectivity index (χ3v) is 2.26. The Balaban J connectivity index is 0.00000324. The van der Waals surface area contributed by atoms with E-state index in [0.29, 0.717) is 19.0 Å². The molecule has 0 aliphatic heterocycles. The summed E-state index contributed by atoms with van der Waals surface area (Å²) in [5.74, 6) is -0.0925. The van der Waals surface area contributed by atoms with Crippen LogP contribution in [0.1, 0.15) is 10.4 Å². The van der Waals surface area contributed by atoms with Gasteiger partial charge in [0.25, 0.3) is 5.69 Å². The number of nitro benzene ring substituents is 1. The van der Waals surface area contributed by atoms with Gasteiger partial charge in [-0.2, -0.15) is 0 Å². The number of non-ortho nitro benzene ring substituents is 1. The molecular formula is C11H14Cl2N2O4. The first-order chi connectivity index (χ1) is 8.65. The lowest BCUT2D eigenvalue weighted by Crippen LogP contribution is -2.23. The number of alkyl halides is 1. The van der Waals surface area contributed by atoms with Gasteiger partial charge in [0, 0.05) is 31.1 Å². The highest BCUT2D eigenvalue weighted by molar-refractivity contribution is 6.18. The van der Waals surface area contributed by atoms with Crippen molar-refractivity contribution in [2.75, 3.05) is 25.6 Å². The van der Waals surface area contributed by atoms with Crippen LogP contribution in [-0.2, 0) is 4.74 Å². The Morgan fingerprint density at radius 3 is 2.79 bits per heavy atom. The SMILES string of the molecule is Cl.O=C(OCCNCCCl)c1cccc([N+](=O)[O-])c1. The summed E-state index contributed by atoms with van der Waals surface area (Å²) < 4.78 is 4.94. The van der Waals surface area contributed by atoms with Crippen molar-refractivity contribution in [2.24, 2.45) is 0 Å². The van der Waals surface area contributed by atoms with Crippen molar-refractivity contribution in [1.82, 2.24) is 5.32 Å². The molecule has 0 aromatic heterocycles. The molecule has 0 heterocycles. The molecule has 1 aromatic rings. The van der Waals surface area contributed by atoms with E-state index >= 15 is 0 Å². The zero-order chi connectivity index (χ0) is 13.4. The second kappa shape index (κ2) is 9.55. The van der Waals surface area contributed by atoms with Gasteiger partial charge in [-0.15, -0.1) is 24.0 Å². The van der Waals surface area contributed by atoms with E-state index in [9.17, 15) is 14.9 Å². The van der Waals surface area contributed by atoms with Gasteiger partial charge in [0.1, 0.15) is 6.61 Å². The predicted octanol–water partition coefficient (Wildman–Crippen LogP) is 2.00. The molecule has 1 rings (SSSR count). The van der Waals surface area contributed by atoms with E-state index in [2.05, 4.69) is 5.32 Å². The van der Waals surface area contributed by atoms with Crippen LogP contribution in [0.15, 0.2) is 24.3 Å². The van der Waals surface area contributed by atoms with Crippen LogP contribution in [0.3, 0.4) is 0 Å². The first-order valence-corrected chi connectivity index (χ1v) is 5.87. The molecule has 0 unspecified atom stereocenters. The number of benzene rings is 1.